The van der Waals surface area contributed by atoms with Crippen LogP contribution in [0.3, 0.4) is 0 Å². The smallest absolute Gasteiger partial charge is 0.326 e. The van der Waals surface area contributed by atoms with E-state index in [0.29, 0.717) is 23.6 Å². The number of carbonyl (C=O) groups is 1. The summed E-state index contributed by atoms with van der Waals surface area (Å²) >= 11 is 0. The van der Waals surface area contributed by atoms with Crippen LogP contribution in [0.15, 0.2) is 65.6 Å². The lowest BCUT2D eigenvalue weighted by Gasteiger charge is -2.10. The maximum absolute atomic E-state index is 13.2. The minimum Gasteiger partial charge on any atom is -0.397 e. The summed E-state index contributed by atoms with van der Waals surface area (Å²) in [4.78, 5) is 28.1. The van der Waals surface area contributed by atoms with Crippen molar-refractivity contribution in [2.24, 2.45) is 0 Å². The van der Waals surface area contributed by atoms with Crippen LogP contribution in [0.5, 0.6) is 0 Å². The maximum atomic E-state index is 13.2. The first-order valence-corrected chi connectivity index (χ1v) is 8.30. The molecular weight excluding hydrogens is 328 g/mol. The third-order valence-electron chi connectivity index (χ3n) is 4.63. The van der Waals surface area contributed by atoms with E-state index in [9.17, 15) is 9.59 Å². The number of nitrogens with zero attached hydrogens (tertiary/aromatic N) is 2. The van der Waals surface area contributed by atoms with Crippen molar-refractivity contribution in [3.05, 3.63) is 88.2 Å². The molecule has 4 rings (SSSR count). The number of fused-ring (bicyclic) bond motifs is 1. The number of para-hydroxylation sites is 1. The van der Waals surface area contributed by atoms with E-state index in [1.54, 1.807) is 11.5 Å². The van der Waals surface area contributed by atoms with E-state index in [2.05, 4.69) is 4.98 Å². The predicted octanol–water partition coefficient (Wildman–Crippen LogP) is 2.76. The van der Waals surface area contributed by atoms with Gasteiger partial charge in [-0.3, -0.25) is 13.9 Å². The number of nitrogen functional groups attached to an aromatic ring is 1. The third-order valence-corrected chi connectivity index (χ3v) is 4.63. The van der Waals surface area contributed by atoms with Gasteiger partial charge in [-0.25, -0.2) is 4.79 Å². The van der Waals surface area contributed by atoms with Crippen molar-refractivity contribution in [2.45, 2.75) is 13.5 Å². The Morgan fingerprint density at radius 2 is 1.77 bits per heavy atom. The van der Waals surface area contributed by atoms with Crippen LogP contribution in [0, 0.1) is 6.92 Å². The van der Waals surface area contributed by atoms with Crippen LogP contribution in [-0.2, 0) is 6.54 Å². The number of imidazole rings is 1. The highest BCUT2D eigenvalue weighted by Gasteiger charge is 2.22. The van der Waals surface area contributed by atoms with Crippen LogP contribution in [0.2, 0.25) is 0 Å². The molecule has 0 saturated carbocycles. The van der Waals surface area contributed by atoms with Gasteiger partial charge in [-0.1, -0.05) is 48.5 Å². The molecule has 2 aromatic heterocycles. The molecule has 0 unspecified atom stereocenters. The number of nitrogens with one attached hydrogen (secondary N) is 1. The van der Waals surface area contributed by atoms with Crippen molar-refractivity contribution in [3.63, 3.8) is 0 Å². The van der Waals surface area contributed by atoms with E-state index in [0.717, 1.165) is 16.5 Å². The first-order chi connectivity index (χ1) is 12.6. The van der Waals surface area contributed by atoms with Crippen LogP contribution in [0.4, 0.5) is 5.69 Å². The monoisotopic (exact) mass is 346 g/mol. The molecule has 4 aromatic rings. The first-order valence-electron chi connectivity index (χ1n) is 8.30. The molecule has 0 fully saturated rings. The Morgan fingerprint density at radius 1 is 1.08 bits per heavy atom. The molecule has 0 aliphatic heterocycles. The number of rotatable bonds is 3. The summed E-state index contributed by atoms with van der Waals surface area (Å²) in [5.74, 6) is -0.287. The minimum atomic E-state index is -0.320. The SMILES string of the molecule is Cc1c(N)c2ccccc2n1C(=O)c1c[nH]c(=O)n1Cc1ccccc1. The normalized spacial score (nSPS) is 11.1. The molecule has 0 bridgehead atoms. The number of H-pyrrole nitrogens is 1. The molecule has 0 saturated heterocycles. The molecular formula is C20H18N4O2. The van der Waals surface area contributed by atoms with Gasteiger partial charge in [0.1, 0.15) is 5.69 Å². The Kier molecular flexibility index (Phi) is 3.73. The summed E-state index contributed by atoms with van der Waals surface area (Å²) in [5.41, 5.74) is 9.05. The van der Waals surface area contributed by atoms with Gasteiger partial charge in [0.25, 0.3) is 5.91 Å². The number of aromatic amines is 1. The van der Waals surface area contributed by atoms with Gasteiger partial charge in [-0.2, -0.15) is 0 Å². The van der Waals surface area contributed by atoms with E-state index in [1.807, 2.05) is 54.6 Å². The van der Waals surface area contributed by atoms with E-state index < -0.39 is 0 Å². The van der Waals surface area contributed by atoms with Crippen molar-refractivity contribution >= 4 is 22.5 Å². The Morgan fingerprint density at radius 3 is 2.54 bits per heavy atom. The van der Waals surface area contributed by atoms with Crippen molar-refractivity contribution < 1.29 is 4.79 Å². The summed E-state index contributed by atoms with van der Waals surface area (Å²) in [7, 11) is 0. The Bertz CT molecular complexity index is 1170. The van der Waals surface area contributed by atoms with Crippen LogP contribution >= 0.6 is 0 Å². The van der Waals surface area contributed by atoms with E-state index in [1.165, 1.54) is 10.8 Å². The van der Waals surface area contributed by atoms with Crippen molar-refractivity contribution in [2.75, 3.05) is 5.73 Å². The second-order valence-electron chi connectivity index (χ2n) is 6.21. The van der Waals surface area contributed by atoms with Crippen molar-refractivity contribution in [1.29, 1.82) is 0 Å². The highest BCUT2D eigenvalue weighted by atomic mass is 16.2. The summed E-state index contributed by atoms with van der Waals surface area (Å²) in [6, 6.07) is 17.0. The lowest BCUT2D eigenvalue weighted by Crippen LogP contribution is -2.24. The molecule has 0 aliphatic carbocycles. The number of benzene rings is 2. The van der Waals surface area contributed by atoms with Crippen LogP contribution in [-0.4, -0.2) is 20.0 Å². The maximum Gasteiger partial charge on any atom is 0.326 e. The topological polar surface area (TPSA) is 85.8 Å². The molecule has 6 nitrogen and oxygen atoms in total. The molecule has 0 spiro atoms. The third kappa shape index (κ3) is 2.43. The van der Waals surface area contributed by atoms with Crippen LogP contribution < -0.4 is 11.4 Å². The summed E-state index contributed by atoms with van der Waals surface area (Å²) < 4.78 is 3.01. The zero-order valence-corrected chi connectivity index (χ0v) is 14.3. The highest BCUT2D eigenvalue weighted by molar-refractivity contribution is 6.06. The van der Waals surface area contributed by atoms with Crippen LogP contribution in [0.25, 0.3) is 10.9 Å². The van der Waals surface area contributed by atoms with E-state index in [-0.39, 0.29) is 11.6 Å². The fraction of sp³-hybridized carbons (Fsp3) is 0.100. The second kappa shape index (κ2) is 6.07. The van der Waals surface area contributed by atoms with Gasteiger partial charge in [-0.05, 0) is 18.6 Å². The summed E-state index contributed by atoms with van der Waals surface area (Å²) in [5, 5.41) is 0.825. The number of hydrogen-bond acceptors (Lipinski definition) is 3. The highest BCUT2D eigenvalue weighted by Crippen LogP contribution is 2.28. The summed E-state index contributed by atoms with van der Waals surface area (Å²) in [6.45, 7) is 2.12. The van der Waals surface area contributed by atoms with Gasteiger partial charge >= 0.3 is 5.69 Å². The molecule has 0 aliphatic rings. The van der Waals surface area contributed by atoms with Gasteiger partial charge < -0.3 is 10.7 Å². The standard InChI is InChI=1S/C20H18N4O2/c1-13-18(21)15-9-5-6-10-16(15)24(13)19(25)17-11-22-20(26)23(17)12-14-7-3-2-4-8-14/h2-11H,12,21H2,1H3,(H,22,26). The number of nitrogens with two attached hydrogens (primary N) is 1. The van der Waals surface area contributed by atoms with E-state index in [4.69, 9.17) is 5.73 Å². The van der Waals surface area contributed by atoms with Gasteiger partial charge in [0.05, 0.1) is 17.7 Å². The van der Waals surface area contributed by atoms with Gasteiger partial charge in [0, 0.05) is 17.3 Å². The zero-order valence-electron chi connectivity index (χ0n) is 14.3. The van der Waals surface area contributed by atoms with Gasteiger partial charge in [0.2, 0.25) is 0 Å². The fourth-order valence-electron chi connectivity index (χ4n) is 3.26. The zero-order chi connectivity index (χ0) is 18.3. The summed E-state index contributed by atoms with van der Waals surface area (Å²) in [6.07, 6.45) is 1.46. The molecule has 3 N–H and O–H groups in total. The molecule has 0 radical (unpaired) electrons. The lowest BCUT2D eigenvalue weighted by atomic mass is 10.2. The Labute approximate surface area is 149 Å². The Balaban J connectivity index is 1.84. The molecule has 26 heavy (non-hydrogen) atoms. The number of hydrogen-bond donors (Lipinski definition) is 2. The fourth-order valence-corrected chi connectivity index (χ4v) is 3.26. The minimum absolute atomic E-state index is 0.287. The number of aromatic nitrogens is 3. The van der Waals surface area contributed by atoms with Gasteiger partial charge in [-0.15, -0.1) is 0 Å². The number of carbonyl (C=O) groups excluding carboxylic acids is 1. The first kappa shape index (κ1) is 16.0. The van der Waals surface area contributed by atoms with Crippen molar-refractivity contribution in [3.8, 4) is 0 Å². The molecule has 0 atom stereocenters. The quantitative estimate of drug-likeness (QED) is 0.598. The molecule has 2 heterocycles. The molecule has 0 amide bonds. The molecule has 2 aromatic carbocycles. The second-order valence-corrected chi connectivity index (χ2v) is 6.21. The van der Waals surface area contributed by atoms with Crippen molar-refractivity contribution in [1.82, 2.24) is 14.1 Å². The average molecular weight is 346 g/mol. The molecule has 6 heteroatoms. The van der Waals surface area contributed by atoms with Gasteiger partial charge in [0.15, 0.2) is 0 Å². The molecule has 130 valence electrons. The average Bonchev–Trinajstić information content (AvgIpc) is 3.14. The van der Waals surface area contributed by atoms with E-state index >= 15 is 0 Å². The predicted molar refractivity (Wildman–Crippen MR) is 101 cm³/mol. The van der Waals surface area contributed by atoms with Crippen LogP contribution in [0.1, 0.15) is 21.7 Å². The number of anilines is 1. The largest absolute Gasteiger partial charge is 0.397 e. The lowest BCUT2D eigenvalue weighted by molar-refractivity contribution is 0.0954. The Hall–Kier alpha value is -3.54.